The Labute approximate surface area is 124 Å². The number of aryl methyl sites for hydroxylation is 2. The Morgan fingerprint density at radius 3 is 3.00 bits per heavy atom. The van der Waals surface area contributed by atoms with Crippen molar-refractivity contribution >= 4 is 11.6 Å². The molecule has 0 N–H and O–H groups in total. The molecule has 4 heteroatoms. The molecule has 0 amide bonds. The maximum absolute atomic E-state index is 9.50. The topological polar surface area (TPSA) is 54.5 Å². The molecule has 1 aliphatic rings. The van der Waals surface area contributed by atoms with Crippen molar-refractivity contribution in [2.24, 2.45) is 0 Å². The predicted molar refractivity (Wildman–Crippen MR) is 82.2 cm³/mol. The Morgan fingerprint density at radius 2 is 2.19 bits per heavy atom. The van der Waals surface area contributed by atoms with E-state index in [1.54, 1.807) is 0 Å². The van der Waals surface area contributed by atoms with Crippen molar-refractivity contribution in [3.63, 3.8) is 0 Å². The Hall–Kier alpha value is -2.41. The van der Waals surface area contributed by atoms with Crippen LogP contribution in [0.3, 0.4) is 0 Å². The second kappa shape index (κ2) is 5.92. The van der Waals surface area contributed by atoms with Gasteiger partial charge in [0.05, 0.1) is 5.57 Å². The number of rotatable bonds is 2. The van der Waals surface area contributed by atoms with E-state index in [0.717, 1.165) is 37.2 Å². The third kappa shape index (κ3) is 2.87. The lowest BCUT2D eigenvalue weighted by atomic mass is 10.1. The van der Waals surface area contributed by atoms with Crippen molar-refractivity contribution < 1.29 is 0 Å². The minimum Gasteiger partial charge on any atom is -0.310 e. The predicted octanol–water partition coefficient (Wildman–Crippen LogP) is 3.38. The van der Waals surface area contributed by atoms with Gasteiger partial charge >= 0.3 is 0 Å². The fourth-order valence-electron chi connectivity index (χ4n) is 2.76. The van der Waals surface area contributed by atoms with Crippen molar-refractivity contribution in [2.75, 3.05) is 0 Å². The first-order valence-corrected chi connectivity index (χ1v) is 7.39. The third-order valence-electron chi connectivity index (χ3n) is 3.82. The van der Waals surface area contributed by atoms with Crippen molar-refractivity contribution in [3.8, 4) is 6.07 Å². The van der Waals surface area contributed by atoms with Gasteiger partial charge in [0.1, 0.15) is 11.9 Å². The van der Waals surface area contributed by atoms with Gasteiger partial charge < -0.3 is 4.57 Å². The summed E-state index contributed by atoms with van der Waals surface area (Å²) in [4.78, 5) is 0. The molecule has 1 aliphatic heterocycles. The SMILES string of the molecule is Cc1cccc(/C=C(\C#N)c2nnc3n2CCCCC3)c1. The van der Waals surface area contributed by atoms with E-state index in [-0.39, 0.29) is 0 Å². The Bertz CT molecular complexity index is 719. The molecule has 0 unspecified atom stereocenters. The molecule has 1 aromatic carbocycles. The van der Waals surface area contributed by atoms with Crippen LogP contribution in [-0.4, -0.2) is 14.8 Å². The maximum atomic E-state index is 9.50. The first-order chi connectivity index (χ1) is 10.3. The molecule has 2 aromatic rings. The molecule has 0 saturated heterocycles. The fourth-order valence-corrected chi connectivity index (χ4v) is 2.76. The Kier molecular flexibility index (Phi) is 3.83. The molecule has 2 heterocycles. The van der Waals surface area contributed by atoms with Crippen molar-refractivity contribution in [3.05, 3.63) is 47.0 Å². The number of hydrogen-bond donors (Lipinski definition) is 0. The molecule has 1 aromatic heterocycles. The van der Waals surface area contributed by atoms with Gasteiger partial charge in [0.25, 0.3) is 0 Å². The van der Waals surface area contributed by atoms with Gasteiger partial charge in [-0.15, -0.1) is 10.2 Å². The summed E-state index contributed by atoms with van der Waals surface area (Å²) in [5, 5.41) is 18.0. The van der Waals surface area contributed by atoms with Crippen molar-refractivity contribution in [1.29, 1.82) is 5.26 Å². The van der Waals surface area contributed by atoms with E-state index in [4.69, 9.17) is 0 Å². The number of hydrogen-bond acceptors (Lipinski definition) is 3. The quantitative estimate of drug-likeness (QED) is 0.791. The van der Waals surface area contributed by atoms with E-state index >= 15 is 0 Å². The molecule has 0 atom stereocenters. The lowest BCUT2D eigenvalue weighted by Gasteiger charge is -2.06. The van der Waals surface area contributed by atoms with Gasteiger partial charge in [-0.3, -0.25) is 0 Å². The van der Waals surface area contributed by atoms with Crippen LogP contribution in [0.1, 0.15) is 42.0 Å². The summed E-state index contributed by atoms with van der Waals surface area (Å²) in [6.07, 6.45) is 6.35. The largest absolute Gasteiger partial charge is 0.310 e. The lowest BCUT2D eigenvalue weighted by molar-refractivity contribution is 0.627. The van der Waals surface area contributed by atoms with E-state index in [9.17, 15) is 5.26 Å². The van der Waals surface area contributed by atoms with Gasteiger partial charge in [-0.1, -0.05) is 36.2 Å². The van der Waals surface area contributed by atoms with Gasteiger partial charge in [-0.2, -0.15) is 5.26 Å². The summed E-state index contributed by atoms with van der Waals surface area (Å²) in [5.74, 6) is 1.71. The lowest BCUT2D eigenvalue weighted by Crippen LogP contribution is -2.05. The van der Waals surface area contributed by atoms with E-state index in [2.05, 4.69) is 26.9 Å². The van der Waals surface area contributed by atoms with Gasteiger partial charge in [0, 0.05) is 13.0 Å². The standard InChI is InChI=1S/C17H18N4/c1-13-6-5-7-14(10-13)11-15(12-18)17-20-19-16-8-3-2-4-9-21(16)17/h5-7,10-11H,2-4,8-9H2,1H3/b15-11+. The summed E-state index contributed by atoms with van der Waals surface area (Å²) in [7, 11) is 0. The number of benzene rings is 1. The van der Waals surface area contributed by atoms with Gasteiger partial charge in [0.2, 0.25) is 0 Å². The first kappa shape index (κ1) is 13.6. The highest BCUT2D eigenvalue weighted by Gasteiger charge is 2.17. The second-order valence-electron chi connectivity index (χ2n) is 5.49. The molecule has 0 fully saturated rings. The second-order valence-corrected chi connectivity index (χ2v) is 5.49. The van der Waals surface area contributed by atoms with Gasteiger partial charge in [-0.05, 0) is 31.4 Å². The van der Waals surface area contributed by atoms with Gasteiger partial charge in [-0.25, -0.2) is 0 Å². The molecule has 4 nitrogen and oxygen atoms in total. The summed E-state index contributed by atoms with van der Waals surface area (Å²) in [6, 6.07) is 10.4. The molecule has 0 radical (unpaired) electrons. The van der Waals surface area contributed by atoms with E-state index in [1.807, 2.05) is 31.2 Å². The highest BCUT2D eigenvalue weighted by Crippen LogP contribution is 2.21. The summed E-state index contributed by atoms with van der Waals surface area (Å²) in [6.45, 7) is 2.96. The molecular formula is C17H18N4. The Balaban J connectivity index is 2.01. The zero-order valence-corrected chi connectivity index (χ0v) is 12.2. The minimum absolute atomic E-state index is 0.584. The van der Waals surface area contributed by atoms with Crippen LogP contribution in [0.15, 0.2) is 24.3 Å². The van der Waals surface area contributed by atoms with E-state index in [0.29, 0.717) is 11.4 Å². The Morgan fingerprint density at radius 1 is 1.29 bits per heavy atom. The molecule has 106 valence electrons. The monoisotopic (exact) mass is 278 g/mol. The highest BCUT2D eigenvalue weighted by atomic mass is 15.3. The van der Waals surface area contributed by atoms with Crippen LogP contribution in [0.5, 0.6) is 0 Å². The van der Waals surface area contributed by atoms with Crippen LogP contribution >= 0.6 is 0 Å². The zero-order valence-electron chi connectivity index (χ0n) is 12.2. The summed E-state index contributed by atoms with van der Waals surface area (Å²) < 4.78 is 2.11. The van der Waals surface area contributed by atoms with Gasteiger partial charge in [0.15, 0.2) is 5.82 Å². The normalized spacial score (nSPS) is 15.1. The number of aromatic nitrogens is 3. The minimum atomic E-state index is 0.584. The highest BCUT2D eigenvalue weighted by molar-refractivity contribution is 5.87. The molecule has 0 aliphatic carbocycles. The average Bonchev–Trinajstić information content (AvgIpc) is 2.73. The molecule has 0 saturated carbocycles. The van der Waals surface area contributed by atoms with Crippen molar-refractivity contribution in [1.82, 2.24) is 14.8 Å². The van der Waals surface area contributed by atoms with Crippen LogP contribution < -0.4 is 0 Å². The van der Waals surface area contributed by atoms with Crippen LogP contribution in [0.2, 0.25) is 0 Å². The van der Waals surface area contributed by atoms with Crippen LogP contribution in [-0.2, 0) is 13.0 Å². The molecular weight excluding hydrogens is 260 g/mol. The maximum Gasteiger partial charge on any atom is 0.174 e. The molecule has 0 spiro atoms. The first-order valence-electron chi connectivity index (χ1n) is 7.39. The van der Waals surface area contributed by atoms with Crippen LogP contribution in [0.4, 0.5) is 0 Å². The van der Waals surface area contributed by atoms with E-state index < -0.39 is 0 Å². The molecule has 3 rings (SSSR count). The molecule has 21 heavy (non-hydrogen) atoms. The van der Waals surface area contributed by atoms with Crippen LogP contribution in [0.25, 0.3) is 11.6 Å². The third-order valence-corrected chi connectivity index (χ3v) is 3.82. The van der Waals surface area contributed by atoms with Crippen molar-refractivity contribution in [2.45, 2.75) is 39.2 Å². The number of fused-ring (bicyclic) bond motifs is 1. The van der Waals surface area contributed by atoms with E-state index in [1.165, 1.54) is 12.0 Å². The number of nitrogens with zero attached hydrogens (tertiary/aromatic N) is 4. The summed E-state index contributed by atoms with van der Waals surface area (Å²) in [5.41, 5.74) is 2.79. The smallest absolute Gasteiger partial charge is 0.174 e. The number of nitriles is 1. The number of allylic oxidation sites excluding steroid dienone is 1. The van der Waals surface area contributed by atoms with Crippen LogP contribution in [0, 0.1) is 18.3 Å². The molecule has 0 bridgehead atoms. The summed E-state index contributed by atoms with van der Waals surface area (Å²) >= 11 is 0. The fraction of sp³-hybridized carbons (Fsp3) is 0.353. The average molecular weight is 278 g/mol. The zero-order chi connectivity index (χ0) is 14.7.